The maximum absolute atomic E-state index is 12.1. The number of hydrogen-bond donors (Lipinski definition) is 1. The van der Waals surface area contributed by atoms with Crippen LogP contribution in [-0.2, 0) is 19.1 Å². The molecule has 1 heterocycles. The SMILES string of the molecule is CCOC(=O)[C@](C)(O)[C@H]1CCC(=O)N1C(=O)OC(C)(C)C. The summed E-state index contributed by atoms with van der Waals surface area (Å²) in [5.41, 5.74) is -2.74. The molecule has 0 aromatic rings. The monoisotopic (exact) mass is 301 g/mol. The molecule has 0 aromatic carbocycles. The van der Waals surface area contributed by atoms with Gasteiger partial charge in [0, 0.05) is 6.42 Å². The van der Waals surface area contributed by atoms with E-state index in [1.54, 1.807) is 27.7 Å². The second-order valence-electron chi connectivity index (χ2n) is 6.17. The van der Waals surface area contributed by atoms with Crippen LogP contribution in [0, 0.1) is 0 Å². The van der Waals surface area contributed by atoms with Gasteiger partial charge in [-0.15, -0.1) is 0 Å². The van der Waals surface area contributed by atoms with Gasteiger partial charge in [-0.05, 0) is 41.0 Å². The molecule has 1 rings (SSSR count). The van der Waals surface area contributed by atoms with Crippen molar-refractivity contribution in [3.8, 4) is 0 Å². The molecule has 0 bridgehead atoms. The van der Waals surface area contributed by atoms with E-state index in [1.807, 2.05) is 0 Å². The molecule has 0 aromatic heterocycles. The highest BCUT2D eigenvalue weighted by molar-refractivity contribution is 5.96. The van der Waals surface area contributed by atoms with Crippen LogP contribution in [0.25, 0.3) is 0 Å². The Hall–Kier alpha value is -1.63. The first-order valence-electron chi connectivity index (χ1n) is 6.95. The number of aliphatic hydroxyl groups is 1. The van der Waals surface area contributed by atoms with Gasteiger partial charge in [0.25, 0.3) is 0 Å². The fourth-order valence-electron chi connectivity index (χ4n) is 2.17. The zero-order chi connectivity index (χ0) is 16.4. The number of amides is 2. The van der Waals surface area contributed by atoms with E-state index >= 15 is 0 Å². The molecule has 0 unspecified atom stereocenters. The molecule has 21 heavy (non-hydrogen) atoms. The summed E-state index contributed by atoms with van der Waals surface area (Å²) in [4.78, 5) is 36.7. The van der Waals surface area contributed by atoms with E-state index in [4.69, 9.17) is 9.47 Å². The van der Waals surface area contributed by atoms with E-state index in [-0.39, 0.29) is 19.4 Å². The van der Waals surface area contributed by atoms with Crippen LogP contribution in [0.5, 0.6) is 0 Å². The van der Waals surface area contributed by atoms with Gasteiger partial charge < -0.3 is 14.6 Å². The van der Waals surface area contributed by atoms with Gasteiger partial charge in [0.05, 0.1) is 12.6 Å². The summed E-state index contributed by atoms with van der Waals surface area (Å²) in [5.74, 6) is -1.34. The molecule has 7 nitrogen and oxygen atoms in total. The molecule has 120 valence electrons. The molecule has 0 aliphatic carbocycles. The second kappa shape index (κ2) is 6.01. The molecule has 0 spiro atoms. The number of nitrogens with zero attached hydrogens (tertiary/aromatic N) is 1. The van der Waals surface area contributed by atoms with Gasteiger partial charge in [-0.3, -0.25) is 4.79 Å². The van der Waals surface area contributed by atoms with Crippen LogP contribution in [0.3, 0.4) is 0 Å². The van der Waals surface area contributed by atoms with Gasteiger partial charge >= 0.3 is 12.1 Å². The molecule has 1 aliphatic rings. The van der Waals surface area contributed by atoms with Gasteiger partial charge in [0.2, 0.25) is 5.91 Å². The Kier molecular flexibility index (Phi) is 4.99. The van der Waals surface area contributed by atoms with Gasteiger partial charge in [-0.1, -0.05) is 0 Å². The molecule has 2 amide bonds. The minimum absolute atomic E-state index is 0.0689. The summed E-state index contributed by atoms with van der Waals surface area (Å²) in [6.07, 6.45) is -0.608. The summed E-state index contributed by atoms with van der Waals surface area (Å²) in [5, 5.41) is 10.4. The van der Waals surface area contributed by atoms with Crippen LogP contribution in [0.15, 0.2) is 0 Å². The lowest BCUT2D eigenvalue weighted by Crippen LogP contribution is -2.56. The Morgan fingerprint density at radius 1 is 1.33 bits per heavy atom. The summed E-state index contributed by atoms with van der Waals surface area (Å²) >= 11 is 0. The highest BCUT2D eigenvalue weighted by Crippen LogP contribution is 2.30. The molecule has 0 saturated carbocycles. The molecule has 1 N–H and O–H groups in total. The van der Waals surface area contributed by atoms with Gasteiger partial charge in [0.1, 0.15) is 5.60 Å². The normalized spacial score (nSPS) is 21.9. The number of imide groups is 1. The predicted octanol–water partition coefficient (Wildman–Crippen LogP) is 1.23. The third kappa shape index (κ3) is 3.93. The van der Waals surface area contributed by atoms with Gasteiger partial charge in [0.15, 0.2) is 5.60 Å². The zero-order valence-corrected chi connectivity index (χ0v) is 13.1. The molecule has 1 saturated heterocycles. The van der Waals surface area contributed by atoms with Crippen molar-refractivity contribution in [1.29, 1.82) is 0 Å². The van der Waals surface area contributed by atoms with Crippen molar-refractivity contribution in [2.24, 2.45) is 0 Å². The van der Waals surface area contributed by atoms with Crippen molar-refractivity contribution >= 4 is 18.0 Å². The lowest BCUT2D eigenvalue weighted by molar-refractivity contribution is -0.169. The fraction of sp³-hybridized carbons (Fsp3) is 0.786. The Balaban J connectivity index is 2.98. The van der Waals surface area contributed by atoms with Crippen molar-refractivity contribution in [1.82, 2.24) is 4.90 Å². The number of esters is 1. The highest BCUT2D eigenvalue weighted by atomic mass is 16.6. The van der Waals surface area contributed by atoms with Crippen molar-refractivity contribution in [3.63, 3.8) is 0 Å². The molecular weight excluding hydrogens is 278 g/mol. The number of carbonyl (C=O) groups excluding carboxylic acids is 3. The number of ether oxygens (including phenoxy) is 2. The van der Waals surface area contributed by atoms with Crippen molar-refractivity contribution in [2.45, 2.75) is 64.7 Å². The molecule has 1 aliphatic heterocycles. The predicted molar refractivity (Wildman–Crippen MR) is 73.4 cm³/mol. The van der Waals surface area contributed by atoms with Crippen molar-refractivity contribution in [2.75, 3.05) is 6.61 Å². The van der Waals surface area contributed by atoms with E-state index in [1.165, 1.54) is 6.92 Å². The second-order valence-corrected chi connectivity index (χ2v) is 6.17. The van der Waals surface area contributed by atoms with E-state index in [2.05, 4.69) is 0 Å². The Labute approximate surface area is 124 Å². The van der Waals surface area contributed by atoms with Crippen LogP contribution in [0.4, 0.5) is 4.79 Å². The number of hydrogen-bond acceptors (Lipinski definition) is 6. The summed E-state index contributed by atoms with van der Waals surface area (Å²) in [6.45, 7) is 7.96. The minimum Gasteiger partial charge on any atom is -0.464 e. The van der Waals surface area contributed by atoms with Crippen LogP contribution in [0.1, 0.15) is 47.5 Å². The quantitative estimate of drug-likeness (QED) is 0.788. The van der Waals surface area contributed by atoms with E-state index < -0.39 is 35.2 Å². The maximum atomic E-state index is 12.1. The minimum atomic E-state index is -1.96. The summed E-state index contributed by atoms with van der Waals surface area (Å²) < 4.78 is 9.96. The number of rotatable bonds is 3. The average Bonchev–Trinajstić information content (AvgIpc) is 2.69. The lowest BCUT2D eigenvalue weighted by atomic mass is 9.94. The van der Waals surface area contributed by atoms with E-state index in [0.717, 1.165) is 4.90 Å². The molecular formula is C14H23NO6. The smallest absolute Gasteiger partial charge is 0.417 e. The highest BCUT2D eigenvalue weighted by Gasteiger charge is 2.51. The molecule has 1 fully saturated rings. The number of carbonyl (C=O) groups is 3. The van der Waals surface area contributed by atoms with Gasteiger partial charge in [-0.25, -0.2) is 14.5 Å². The largest absolute Gasteiger partial charge is 0.464 e. The Bertz CT molecular complexity index is 437. The first-order valence-corrected chi connectivity index (χ1v) is 6.95. The lowest BCUT2D eigenvalue weighted by Gasteiger charge is -2.34. The standard InChI is InChI=1S/C14H23NO6/c1-6-20-11(17)14(5,19)9-7-8-10(16)15(9)12(18)21-13(2,3)4/h9,19H,6-8H2,1-5H3/t9-,14-/m1/s1. The first-order chi connectivity index (χ1) is 9.50. The van der Waals surface area contributed by atoms with Gasteiger partial charge in [-0.2, -0.15) is 0 Å². The van der Waals surface area contributed by atoms with Crippen molar-refractivity contribution in [3.05, 3.63) is 0 Å². The third-order valence-corrected chi connectivity index (χ3v) is 3.14. The first kappa shape index (κ1) is 17.4. The van der Waals surface area contributed by atoms with Crippen molar-refractivity contribution < 1.29 is 29.0 Å². The number of likely N-dealkylation sites (tertiary alicyclic amines) is 1. The van der Waals surface area contributed by atoms with Crippen LogP contribution >= 0.6 is 0 Å². The molecule has 0 radical (unpaired) electrons. The summed E-state index contributed by atoms with van der Waals surface area (Å²) in [6, 6.07) is -0.987. The van der Waals surface area contributed by atoms with Crippen LogP contribution in [0.2, 0.25) is 0 Å². The van der Waals surface area contributed by atoms with Crippen LogP contribution < -0.4 is 0 Å². The van der Waals surface area contributed by atoms with E-state index in [9.17, 15) is 19.5 Å². The van der Waals surface area contributed by atoms with E-state index in [0.29, 0.717) is 0 Å². The van der Waals surface area contributed by atoms with Crippen LogP contribution in [-0.4, -0.2) is 51.8 Å². The Morgan fingerprint density at radius 3 is 2.38 bits per heavy atom. The maximum Gasteiger partial charge on any atom is 0.417 e. The third-order valence-electron chi connectivity index (χ3n) is 3.14. The average molecular weight is 301 g/mol. The Morgan fingerprint density at radius 2 is 1.90 bits per heavy atom. The zero-order valence-electron chi connectivity index (χ0n) is 13.1. The fourth-order valence-corrected chi connectivity index (χ4v) is 2.17. The topological polar surface area (TPSA) is 93.1 Å². The molecule has 7 heteroatoms. The summed E-state index contributed by atoms with van der Waals surface area (Å²) in [7, 11) is 0. The molecule has 2 atom stereocenters.